The Bertz CT molecular complexity index is 681. The lowest BCUT2D eigenvalue weighted by Gasteiger charge is -2.09. The van der Waals surface area contributed by atoms with E-state index in [1.807, 2.05) is 0 Å². The van der Waals surface area contributed by atoms with Gasteiger partial charge in [0.15, 0.2) is 0 Å². The summed E-state index contributed by atoms with van der Waals surface area (Å²) in [6, 6.07) is 6.22. The molecule has 2 aromatic rings. The number of hydrogen-bond acceptors (Lipinski definition) is 3. The molecule has 7 heteroatoms. The summed E-state index contributed by atoms with van der Waals surface area (Å²) in [6.07, 6.45) is 1.48. The largest absolute Gasteiger partial charge is 0.468 e. The van der Waals surface area contributed by atoms with Gasteiger partial charge in [-0.1, -0.05) is 23.2 Å². The minimum atomic E-state index is -3.71. The van der Waals surface area contributed by atoms with Crippen molar-refractivity contribution in [2.45, 2.75) is 18.4 Å². The number of sulfonamides is 1. The van der Waals surface area contributed by atoms with E-state index in [0.717, 1.165) is 0 Å². The lowest BCUT2D eigenvalue weighted by atomic mass is 10.2. The normalized spacial score (nSPS) is 11.7. The second-order valence-corrected chi connectivity index (χ2v) is 6.49. The van der Waals surface area contributed by atoms with Crippen molar-refractivity contribution in [1.29, 1.82) is 0 Å². The van der Waals surface area contributed by atoms with Gasteiger partial charge < -0.3 is 4.42 Å². The van der Waals surface area contributed by atoms with Gasteiger partial charge in [-0.05, 0) is 36.8 Å². The summed E-state index contributed by atoms with van der Waals surface area (Å²) < 4.78 is 31.7. The number of nitrogens with one attached hydrogen (secondary N) is 1. The Kier molecular flexibility index (Phi) is 4.20. The van der Waals surface area contributed by atoms with Crippen LogP contribution in [-0.2, 0) is 16.6 Å². The van der Waals surface area contributed by atoms with Crippen LogP contribution in [0.15, 0.2) is 39.8 Å². The summed E-state index contributed by atoms with van der Waals surface area (Å²) in [7, 11) is -3.71. The minimum absolute atomic E-state index is 0.00243. The molecule has 2 rings (SSSR count). The van der Waals surface area contributed by atoms with Crippen LogP contribution in [0.2, 0.25) is 10.0 Å². The smallest absolute Gasteiger partial charge is 0.242 e. The molecule has 0 saturated heterocycles. The van der Waals surface area contributed by atoms with Crippen LogP contribution in [0.5, 0.6) is 0 Å². The molecule has 1 heterocycles. The minimum Gasteiger partial charge on any atom is -0.468 e. The highest BCUT2D eigenvalue weighted by Crippen LogP contribution is 2.28. The molecule has 0 amide bonds. The van der Waals surface area contributed by atoms with Gasteiger partial charge in [-0.15, -0.1) is 0 Å². The molecule has 1 N–H and O–H groups in total. The first-order valence-corrected chi connectivity index (χ1v) is 7.62. The first kappa shape index (κ1) is 14.4. The highest BCUT2D eigenvalue weighted by molar-refractivity contribution is 7.89. The third-order valence-corrected chi connectivity index (χ3v) is 4.79. The molecule has 0 aliphatic rings. The summed E-state index contributed by atoms with van der Waals surface area (Å²) in [5, 5.41) is 0.512. The highest BCUT2D eigenvalue weighted by Gasteiger charge is 2.19. The van der Waals surface area contributed by atoms with Gasteiger partial charge in [0.2, 0.25) is 10.0 Å². The average molecular weight is 320 g/mol. The van der Waals surface area contributed by atoms with Crippen molar-refractivity contribution >= 4 is 33.2 Å². The molecule has 0 aliphatic heterocycles. The third kappa shape index (κ3) is 3.30. The Morgan fingerprint density at radius 3 is 2.63 bits per heavy atom. The topological polar surface area (TPSA) is 59.3 Å². The summed E-state index contributed by atoms with van der Waals surface area (Å²) in [5.74, 6) is 0.519. The Morgan fingerprint density at radius 1 is 1.26 bits per heavy atom. The molecule has 1 aromatic heterocycles. The first-order chi connectivity index (χ1) is 8.90. The van der Waals surface area contributed by atoms with Crippen LogP contribution < -0.4 is 4.72 Å². The lowest BCUT2D eigenvalue weighted by Crippen LogP contribution is -2.23. The van der Waals surface area contributed by atoms with E-state index in [9.17, 15) is 8.42 Å². The Morgan fingerprint density at radius 2 is 2.00 bits per heavy atom. The molecule has 19 heavy (non-hydrogen) atoms. The fourth-order valence-corrected chi connectivity index (χ4v) is 3.32. The third-order valence-electron chi connectivity index (χ3n) is 2.52. The molecule has 0 atom stereocenters. The van der Waals surface area contributed by atoms with E-state index < -0.39 is 10.0 Å². The predicted molar refractivity (Wildman–Crippen MR) is 73.9 cm³/mol. The zero-order chi connectivity index (χ0) is 14.0. The number of rotatable bonds is 4. The van der Waals surface area contributed by atoms with E-state index in [1.165, 1.54) is 18.4 Å². The molecule has 0 saturated carbocycles. The molecule has 0 fully saturated rings. The maximum absolute atomic E-state index is 12.1. The first-order valence-electron chi connectivity index (χ1n) is 5.38. The van der Waals surface area contributed by atoms with Gasteiger partial charge in [0.1, 0.15) is 10.7 Å². The monoisotopic (exact) mass is 319 g/mol. The Labute approximate surface area is 121 Å². The molecule has 102 valence electrons. The molecular formula is C12H11Cl2NO3S. The van der Waals surface area contributed by atoms with Gasteiger partial charge in [-0.3, -0.25) is 0 Å². The van der Waals surface area contributed by atoms with Crippen molar-refractivity contribution in [3.05, 3.63) is 51.9 Å². The number of benzene rings is 1. The fourth-order valence-electron chi connectivity index (χ4n) is 1.49. The van der Waals surface area contributed by atoms with E-state index in [1.54, 1.807) is 19.1 Å². The Hall–Kier alpha value is -1.01. The van der Waals surface area contributed by atoms with Crippen molar-refractivity contribution in [3.63, 3.8) is 0 Å². The predicted octanol–water partition coefficient (Wildman–Crippen LogP) is 3.37. The molecule has 4 nitrogen and oxygen atoms in total. The van der Waals surface area contributed by atoms with Crippen LogP contribution in [0.1, 0.15) is 11.3 Å². The summed E-state index contributed by atoms with van der Waals surface area (Å²) in [4.78, 5) is 0.00243. The maximum atomic E-state index is 12.1. The van der Waals surface area contributed by atoms with Gasteiger partial charge in [0.25, 0.3) is 0 Å². The SMILES string of the molecule is Cc1cc(S(=O)(=O)NCc2ccco2)c(Cl)cc1Cl. The van der Waals surface area contributed by atoms with E-state index >= 15 is 0 Å². The molecule has 0 radical (unpaired) electrons. The van der Waals surface area contributed by atoms with E-state index in [4.69, 9.17) is 27.6 Å². The van der Waals surface area contributed by atoms with Crippen LogP contribution in [0, 0.1) is 6.92 Å². The zero-order valence-electron chi connectivity index (χ0n) is 9.98. The van der Waals surface area contributed by atoms with Crippen LogP contribution >= 0.6 is 23.2 Å². The number of halogens is 2. The van der Waals surface area contributed by atoms with Gasteiger partial charge in [-0.25, -0.2) is 13.1 Å². The molecule has 0 bridgehead atoms. The van der Waals surface area contributed by atoms with Gasteiger partial charge in [0, 0.05) is 5.02 Å². The zero-order valence-corrected chi connectivity index (χ0v) is 12.3. The van der Waals surface area contributed by atoms with E-state index in [0.29, 0.717) is 16.3 Å². The van der Waals surface area contributed by atoms with Gasteiger partial charge in [0.05, 0.1) is 17.8 Å². The van der Waals surface area contributed by atoms with Crippen LogP contribution in [0.25, 0.3) is 0 Å². The quantitative estimate of drug-likeness (QED) is 0.939. The molecular weight excluding hydrogens is 309 g/mol. The number of aryl methyl sites for hydroxylation is 1. The number of hydrogen-bond donors (Lipinski definition) is 1. The van der Waals surface area contributed by atoms with Crippen molar-refractivity contribution in [2.75, 3.05) is 0 Å². The van der Waals surface area contributed by atoms with Crippen LogP contribution in [0.4, 0.5) is 0 Å². The summed E-state index contributed by atoms with van der Waals surface area (Å²) in [6.45, 7) is 1.78. The lowest BCUT2D eigenvalue weighted by molar-refractivity contribution is 0.498. The van der Waals surface area contributed by atoms with Crippen molar-refractivity contribution in [2.24, 2.45) is 0 Å². The van der Waals surface area contributed by atoms with Gasteiger partial charge >= 0.3 is 0 Å². The second-order valence-electron chi connectivity index (χ2n) is 3.94. The van der Waals surface area contributed by atoms with E-state index in [2.05, 4.69) is 4.72 Å². The molecule has 0 aliphatic carbocycles. The van der Waals surface area contributed by atoms with Crippen molar-refractivity contribution in [1.82, 2.24) is 4.72 Å². The highest BCUT2D eigenvalue weighted by atomic mass is 35.5. The summed E-state index contributed by atoms with van der Waals surface area (Å²) >= 11 is 11.8. The van der Waals surface area contributed by atoms with E-state index in [-0.39, 0.29) is 16.5 Å². The average Bonchev–Trinajstić information content (AvgIpc) is 2.84. The van der Waals surface area contributed by atoms with Crippen LogP contribution in [0.3, 0.4) is 0 Å². The van der Waals surface area contributed by atoms with Crippen molar-refractivity contribution < 1.29 is 12.8 Å². The number of furan rings is 1. The summed E-state index contributed by atoms with van der Waals surface area (Å²) in [5.41, 5.74) is 0.643. The second kappa shape index (κ2) is 5.54. The standard InChI is InChI=1S/C12H11Cl2NO3S/c1-8-5-12(11(14)6-10(8)13)19(16,17)15-7-9-3-2-4-18-9/h2-6,15H,7H2,1H3. The fraction of sp³-hybridized carbons (Fsp3) is 0.167. The Balaban J connectivity index is 2.27. The molecule has 0 unspecified atom stereocenters. The van der Waals surface area contributed by atoms with Crippen LogP contribution in [-0.4, -0.2) is 8.42 Å². The maximum Gasteiger partial charge on any atom is 0.242 e. The van der Waals surface area contributed by atoms with Crippen molar-refractivity contribution in [3.8, 4) is 0 Å². The van der Waals surface area contributed by atoms with Gasteiger partial charge in [-0.2, -0.15) is 0 Å². The molecule has 1 aromatic carbocycles. The molecule has 0 spiro atoms.